The van der Waals surface area contributed by atoms with E-state index in [0.29, 0.717) is 59.7 Å². The lowest BCUT2D eigenvalue weighted by atomic mass is 9.98. The molecule has 0 amide bonds. The van der Waals surface area contributed by atoms with Crippen molar-refractivity contribution in [2.45, 2.75) is 0 Å². The van der Waals surface area contributed by atoms with Crippen molar-refractivity contribution in [3.63, 3.8) is 0 Å². The number of rotatable bonds is 5. The lowest BCUT2D eigenvalue weighted by Crippen LogP contribution is -2.00. The molecular formula is C51H29N3OS2. The minimum atomic E-state index is -0.259. The van der Waals surface area contributed by atoms with Crippen LogP contribution in [0.25, 0.3) is 119 Å². The van der Waals surface area contributed by atoms with Crippen LogP contribution in [0, 0.1) is 0 Å². The Bertz CT molecular complexity index is 3880. The predicted molar refractivity (Wildman–Crippen MR) is 240 cm³/mol. The summed E-state index contributed by atoms with van der Waals surface area (Å²) in [6, 6.07) is 44.6. The van der Waals surface area contributed by atoms with Gasteiger partial charge in [-0.15, -0.1) is 22.7 Å². The fourth-order valence-electron chi connectivity index (χ4n) is 7.71. The van der Waals surface area contributed by atoms with Crippen molar-refractivity contribution in [1.82, 2.24) is 15.0 Å². The average molecular weight is 770 g/mol. The van der Waals surface area contributed by atoms with Gasteiger partial charge in [0.25, 0.3) is 0 Å². The Labute approximate surface area is 343 Å². The normalized spacial score (nSPS) is 13.3. The van der Waals surface area contributed by atoms with Gasteiger partial charge in [-0.05, 0) is 70.7 Å². The van der Waals surface area contributed by atoms with E-state index in [4.69, 9.17) is 22.1 Å². The maximum atomic E-state index is 9.76. The van der Waals surface area contributed by atoms with Crippen LogP contribution in [-0.4, -0.2) is 15.0 Å². The van der Waals surface area contributed by atoms with E-state index in [2.05, 4.69) is 12.1 Å². The number of fused-ring (bicyclic) bond motifs is 9. The molecule has 0 radical (unpaired) electrons. The number of nitrogens with zero attached hydrogens (tertiary/aromatic N) is 3. The molecule has 6 heteroatoms. The molecule has 4 aromatic heterocycles. The SMILES string of the molecule is [2H]c1c([2H])c(-c2ccc3c(c2)sc2ccccc23)c2c(sc3c([2H])c(-c4nc(-c5ccc(-c6ccccc6)cc5)nc(-c5ccc6oc7ccccc7c6c5)n4)c([2H])c([2H])c32)c1[2H]. The maximum absolute atomic E-state index is 9.76. The van der Waals surface area contributed by atoms with Gasteiger partial charge in [0.1, 0.15) is 11.2 Å². The molecule has 0 aliphatic heterocycles. The van der Waals surface area contributed by atoms with Crippen molar-refractivity contribution in [3.05, 3.63) is 176 Å². The molecule has 0 saturated carbocycles. The first-order valence-corrected chi connectivity index (χ1v) is 20.1. The molecule has 266 valence electrons. The fraction of sp³-hybridized carbons (Fsp3) is 0. The van der Waals surface area contributed by atoms with Gasteiger partial charge in [0.15, 0.2) is 17.5 Å². The van der Waals surface area contributed by atoms with Crippen LogP contribution in [0.2, 0.25) is 0 Å². The van der Waals surface area contributed by atoms with Crippen LogP contribution in [0.4, 0.5) is 0 Å². The van der Waals surface area contributed by atoms with Gasteiger partial charge in [-0.25, -0.2) is 15.0 Å². The highest BCUT2D eigenvalue weighted by atomic mass is 32.1. The molecule has 57 heavy (non-hydrogen) atoms. The number of hydrogen-bond acceptors (Lipinski definition) is 6. The Morgan fingerprint density at radius 2 is 1.05 bits per heavy atom. The van der Waals surface area contributed by atoms with Crippen molar-refractivity contribution in [3.8, 4) is 56.4 Å². The molecule has 12 aromatic rings. The summed E-state index contributed by atoms with van der Waals surface area (Å²) in [4.78, 5) is 14.9. The first-order chi connectivity index (χ1) is 30.7. The minimum Gasteiger partial charge on any atom is -0.456 e. The molecule has 12 rings (SSSR count). The molecular weight excluding hydrogens is 735 g/mol. The van der Waals surface area contributed by atoms with E-state index >= 15 is 0 Å². The van der Waals surface area contributed by atoms with Crippen LogP contribution in [0.15, 0.2) is 180 Å². The van der Waals surface area contributed by atoms with E-state index in [0.717, 1.165) is 59.0 Å². The van der Waals surface area contributed by atoms with E-state index in [9.17, 15) is 5.48 Å². The Hall–Kier alpha value is -6.99. The summed E-state index contributed by atoms with van der Waals surface area (Å²) < 4.78 is 65.1. The smallest absolute Gasteiger partial charge is 0.164 e. The summed E-state index contributed by atoms with van der Waals surface area (Å²) in [6.45, 7) is 0. The highest BCUT2D eigenvalue weighted by Crippen LogP contribution is 2.43. The maximum Gasteiger partial charge on any atom is 0.164 e. The highest BCUT2D eigenvalue weighted by Gasteiger charge is 2.18. The van der Waals surface area contributed by atoms with E-state index in [-0.39, 0.29) is 47.6 Å². The van der Waals surface area contributed by atoms with Crippen LogP contribution in [0.5, 0.6) is 0 Å². The summed E-state index contributed by atoms with van der Waals surface area (Å²) in [5.74, 6) is 0.714. The van der Waals surface area contributed by atoms with Crippen LogP contribution < -0.4 is 0 Å². The summed E-state index contributed by atoms with van der Waals surface area (Å²) in [5.41, 5.74) is 6.06. The first-order valence-electron chi connectivity index (χ1n) is 21.4. The third kappa shape index (κ3) is 5.37. The zero-order valence-electron chi connectivity index (χ0n) is 35.8. The second-order valence-electron chi connectivity index (χ2n) is 13.9. The lowest BCUT2D eigenvalue weighted by molar-refractivity contribution is 0.669. The van der Waals surface area contributed by atoms with E-state index < -0.39 is 0 Å². The Morgan fingerprint density at radius 3 is 1.93 bits per heavy atom. The number of hydrogen-bond donors (Lipinski definition) is 0. The average Bonchev–Trinajstić information content (AvgIpc) is 4.02. The zero-order valence-corrected chi connectivity index (χ0v) is 31.5. The van der Waals surface area contributed by atoms with E-state index in [1.807, 2.05) is 127 Å². The third-order valence-electron chi connectivity index (χ3n) is 10.5. The summed E-state index contributed by atoms with van der Waals surface area (Å²) in [7, 11) is 0. The number of para-hydroxylation sites is 1. The van der Waals surface area contributed by atoms with Crippen LogP contribution >= 0.6 is 22.7 Å². The molecule has 4 heterocycles. The van der Waals surface area contributed by atoms with Gasteiger partial charge in [0.05, 0.1) is 8.22 Å². The molecule has 0 unspecified atom stereocenters. The molecule has 0 fully saturated rings. The number of benzene rings is 8. The van der Waals surface area contributed by atoms with Gasteiger partial charge < -0.3 is 4.42 Å². The molecule has 0 saturated heterocycles. The molecule has 0 N–H and O–H groups in total. The molecule has 0 spiro atoms. The third-order valence-corrected chi connectivity index (χ3v) is 12.6. The number of thiophene rings is 2. The second-order valence-corrected chi connectivity index (χ2v) is 16.0. The van der Waals surface area contributed by atoms with Crippen LogP contribution in [0.3, 0.4) is 0 Å². The lowest BCUT2D eigenvalue weighted by Gasteiger charge is -2.10. The molecule has 4 nitrogen and oxygen atoms in total. The van der Waals surface area contributed by atoms with E-state index in [1.54, 1.807) is 11.3 Å². The number of aromatic nitrogens is 3. The van der Waals surface area contributed by atoms with Crippen LogP contribution in [-0.2, 0) is 0 Å². The van der Waals surface area contributed by atoms with Crippen molar-refractivity contribution in [1.29, 1.82) is 0 Å². The largest absolute Gasteiger partial charge is 0.456 e. The molecule has 0 atom stereocenters. The van der Waals surface area contributed by atoms with Gasteiger partial charge in [0, 0.05) is 67.8 Å². The van der Waals surface area contributed by atoms with Crippen molar-refractivity contribution in [2.24, 2.45) is 0 Å². The Morgan fingerprint density at radius 1 is 0.404 bits per heavy atom. The van der Waals surface area contributed by atoms with Gasteiger partial charge in [-0.1, -0.05) is 127 Å². The van der Waals surface area contributed by atoms with Crippen molar-refractivity contribution in [2.75, 3.05) is 0 Å². The monoisotopic (exact) mass is 769 g/mol. The Kier molecular flexibility index (Phi) is 6.00. The first kappa shape index (κ1) is 26.8. The summed E-state index contributed by atoms with van der Waals surface area (Å²) >= 11 is 2.77. The van der Waals surface area contributed by atoms with E-state index in [1.165, 1.54) is 0 Å². The topological polar surface area (TPSA) is 51.8 Å². The van der Waals surface area contributed by atoms with Crippen molar-refractivity contribution < 1.29 is 12.6 Å². The minimum absolute atomic E-state index is 0.0525. The summed E-state index contributed by atoms with van der Waals surface area (Å²) in [6.07, 6.45) is 0. The highest BCUT2D eigenvalue weighted by molar-refractivity contribution is 7.26. The quantitative estimate of drug-likeness (QED) is 0.175. The summed E-state index contributed by atoms with van der Waals surface area (Å²) in [5, 5.41) is 4.76. The predicted octanol–water partition coefficient (Wildman–Crippen LogP) is 14.8. The number of furan rings is 1. The molecule has 0 aliphatic rings. The van der Waals surface area contributed by atoms with Gasteiger partial charge >= 0.3 is 0 Å². The molecule has 0 aliphatic carbocycles. The fourth-order valence-corrected chi connectivity index (χ4v) is 9.88. The van der Waals surface area contributed by atoms with Gasteiger partial charge in [0.2, 0.25) is 0 Å². The second kappa shape index (κ2) is 12.8. The molecule has 8 aromatic carbocycles. The van der Waals surface area contributed by atoms with Gasteiger partial charge in [-0.3, -0.25) is 0 Å². The zero-order chi connectivity index (χ0) is 42.7. The standard InChI is InChI=1S/C51H29N3OS2/c1-2-9-30(10-3-1)31-17-19-32(20-18-31)49-52-50(34-23-26-43-41(27-34)37-11-4-6-14-42(37)55-43)54-51(53-49)35-22-25-40-47(29-35)57-45-16-8-13-36(48(40)45)33-21-24-39-38-12-5-7-15-44(38)56-46(39)28-33/h1-29H/i8D,13D,16D,22D,25D,29D. The van der Waals surface area contributed by atoms with Crippen molar-refractivity contribution >= 4 is 85.0 Å². The van der Waals surface area contributed by atoms with Gasteiger partial charge in [-0.2, -0.15) is 0 Å². The molecule has 0 bridgehead atoms. The van der Waals surface area contributed by atoms with Crippen LogP contribution in [0.1, 0.15) is 8.22 Å². The Balaban J connectivity index is 1.08.